The zero-order valence-electron chi connectivity index (χ0n) is 7.67. The molecule has 1 heterocycles. The molecule has 1 aromatic rings. The maximum Gasteiger partial charge on any atom is 0.223 e. The van der Waals surface area contributed by atoms with Gasteiger partial charge in [-0.1, -0.05) is 6.58 Å². The molecule has 0 saturated heterocycles. The van der Waals surface area contributed by atoms with Crippen molar-refractivity contribution in [3.63, 3.8) is 0 Å². The van der Waals surface area contributed by atoms with Crippen LogP contribution in [0.4, 0.5) is 0 Å². The van der Waals surface area contributed by atoms with Gasteiger partial charge < -0.3 is 4.74 Å². The third-order valence-corrected chi connectivity index (χ3v) is 1.60. The van der Waals surface area contributed by atoms with Crippen LogP contribution in [-0.2, 0) is 4.74 Å². The van der Waals surface area contributed by atoms with Crippen LogP contribution < -0.4 is 0 Å². The van der Waals surface area contributed by atoms with Gasteiger partial charge in [0.05, 0.1) is 6.61 Å². The molecule has 0 fully saturated rings. The summed E-state index contributed by atoms with van der Waals surface area (Å²) >= 11 is 5.68. The first-order chi connectivity index (χ1) is 6.13. The van der Waals surface area contributed by atoms with Gasteiger partial charge in [-0.2, -0.15) is 0 Å². The van der Waals surface area contributed by atoms with Crippen LogP contribution in [0, 0.1) is 6.92 Å². The Balaban J connectivity index is 2.94. The highest BCUT2D eigenvalue weighted by atomic mass is 35.5. The van der Waals surface area contributed by atoms with Crippen LogP contribution in [0.2, 0.25) is 5.28 Å². The summed E-state index contributed by atoms with van der Waals surface area (Å²) in [5, 5.41) is 0.218. The van der Waals surface area contributed by atoms with Crippen molar-refractivity contribution in [1.29, 1.82) is 0 Å². The van der Waals surface area contributed by atoms with E-state index >= 15 is 0 Å². The number of ether oxygens (including phenoxy) is 1. The number of nitrogens with zero attached hydrogens (tertiary/aromatic N) is 2. The van der Waals surface area contributed by atoms with Crippen molar-refractivity contribution >= 4 is 17.4 Å². The lowest BCUT2D eigenvalue weighted by atomic mass is 10.3. The Morgan fingerprint density at radius 3 is 2.85 bits per heavy atom. The number of aryl methyl sites for hydroxylation is 1. The van der Waals surface area contributed by atoms with E-state index in [1.165, 1.54) is 0 Å². The number of hydrogen-bond donors (Lipinski definition) is 0. The summed E-state index contributed by atoms with van der Waals surface area (Å²) in [6.45, 7) is 8.03. The topological polar surface area (TPSA) is 35.0 Å². The average molecular weight is 199 g/mol. The van der Waals surface area contributed by atoms with E-state index in [2.05, 4.69) is 16.5 Å². The number of hydrogen-bond acceptors (Lipinski definition) is 3. The van der Waals surface area contributed by atoms with E-state index in [1.807, 2.05) is 13.8 Å². The summed E-state index contributed by atoms with van der Waals surface area (Å²) in [6.07, 6.45) is 0. The van der Waals surface area contributed by atoms with E-state index in [1.54, 1.807) is 6.07 Å². The van der Waals surface area contributed by atoms with Gasteiger partial charge in [0.2, 0.25) is 5.28 Å². The van der Waals surface area contributed by atoms with Crippen LogP contribution >= 0.6 is 11.6 Å². The lowest BCUT2D eigenvalue weighted by Crippen LogP contribution is -1.96. The van der Waals surface area contributed by atoms with Gasteiger partial charge in [0.15, 0.2) is 0 Å². The minimum Gasteiger partial charge on any atom is -0.492 e. The Morgan fingerprint density at radius 2 is 2.31 bits per heavy atom. The molecule has 0 aliphatic carbocycles. The van der Waals surface area contributed by atoms with Crippen molar-refractivity contribution in [2.24, 2.45) is 0 Å². The zero-order chi connectivity index (χ0) is 9.84. The highest BCUT2D eigenvalue weighted by Crippen LogP contribution is 2.13. The van der Waals surface area contributed by atoms with Crippen LogP contribution in [0.5, 0.6) is 0 Å². The molecule has 0 saturated carbocycles. The minimum absolute atomic E-state index is 0.218. The first-order valence-corrected chi connectivity index (χ1v) is 4.34. The monoisotopic (exact) mass is 198 g/mol. The van der Waals surface area contributed by atoms with Crippen molar-refractivity contribution in [3.05, 3.63) is 29.3 Å². The number of halogens is 1. The third kappa shape index (κ3) is 2.70. The second kappa shape index (κ2) is 4.23. The maximum absolute atomic E-state index is 5.68. The summed E-state index contributed by atoms with van der Waals surface area (Å²) in [7, 11) is 0. The van der Waals surface area contributed by atoms with E-state index in [-0.39, 0.29) is 5.28 Å². The van der Waals surface area contributed by atoms with Crippen molar-refractivity contribution in [3.8, 4) is 0 Å². The molecule has 0 amide bonds. The first-order valence-electron chi connectivity index (χ1n) is 3.96. The number of aromatic nitrogens is 2. The summed E-state index contributed by atoms with van der Waals surface area (Å²) < 4.78 is 5.19. The predicted molar refractivity (Wildman–Crippen MR) is 52.4 cm³/mol. The van der Waals surface area contributed by atoms with Crippen molar-refractivity contribution in [2.45, 2.75) is 13.8 Å². The van der Waals surface area contributed by atoms with E-state index in [0.717, 1.165) is 5.69 Å². The predicted octanol–water partition coefficient (Wildman–Crippen LogP) is 2.45. The summed E-state index contributed by atoms with van der Waals surface area (Å²) in [4.78, 5) is 7.92. The third-order valence-electron chi connectivity index (χ3n) is 1.43. The van der Waals surface area contributed by atoms with Crippen LogP contribution in [0.1, 0.15) is 18.3 Å². The zero-order valence-corrected chi connectivity index (χ0v) is 8.43. The van der Waals surface area contributed by atoms with Gasteiger partial charge in [0.25, 0.3) is 0 Å². The molecule has 0 radical (unpaired) electrons. The Hall–Kier alpha value is -1.09. The summed E-state index contributed by atoms with van der Waals surface area (Å²) in [5.74, 6) is 0.523. The van der Waals surface area contributed by atoms with E-state index in [4.69, 9.17) is 16.3 Å². The fourth-order valence-corrected chi connectivity index (χ4v) is 1.15. The summed E-state index contributed by atoms with van der Waals surface area (Å²) in [5.41, 5.74) is 1.44. The molecular weight excluding hydrogens is 188 g/mol. The normalized spacial score (nSPS) is 9.77. The Labute approximate surface area is 82.4 Å². The first kappa shape index (κ1) is 9.99. The fourth-order valence-electron chi connectivity index (χ4n) is 0.923. The SMILES string of the molecule is C=C(OCC)c1cc(C)nc(Cl)n1. The van der Waals surface area contributed by atoms with E-state index < -0.39 is 0 Å². The molecule has 1 rings (SSSR count). The molecule has 0 atom stereocenters. The van der Waals surface area contributed by atoms with Crippen LogP contribution in [0.3, 0.4) is 0 Å². The molecule has 70 valence electrons. The molecule has 0 N–H and O–H groups in total. The van der Waals surface area contributed by atoms with Crippen molar-refractivity contribution in [1.82, 2.24) is 9.97 Å². The molecule has 0 spiro atoms. The van der Waals surface area contributed by atoms with Crippen LogP contribution in [0.15, 0.2) is 12.6 Å². The molecule has 0 aliphatic rings. The fraction of sp³-hybridized carbons (Fsp3) is 0.333. The minimum atomic E-state index is 0.218. The lowest BCUT2D eigenvalue weighted by molar-refractivity contribution is 0.297. The van der Waals surface area contributed by atoms with Crippen LogP contribution in [0.25, 0.3) is 5.76 Å². The van der Waals surface area contributed by atoms with Crippen molar-refractivity contribution < 1.29 is 4.74 Å². The quantitative estimate of drug-likeness (QED) is 0.553. The van der Waals surface area contributed by atoms with E-state index in [9.17, 15) is 0 Å². The Bertz CT molecular complexity index is 305. The molecule has 0 aromatic carbocycles. The standard InChI is InChI=1S/C9H11ClN2O/c1-4-13-7(3)8-5-6(2)11-9(10)12-8/h5H,3-4H2,1-2H3. The smallest absolute Gasteiger partial charge is 0.223 e. The molecular formula is C9H11ClN2O. The van der Waals surface area contributed by atoms with Gasteiger partial charge in [-0.25, -0.2) is 9.97 Å². The lowest BCUT2D eigenvalue weighted by Gasteiger charge is -2.06. The van der Waals surface area contributed by atoms with Gasteiger partial charge in [-0.3, -0.25) is 0 Å². The molecule has 13 heavy (non-hydrogen) atoms. The Morgan fingerprint density at radius 1 is 1.62 bits per heavy atom. The second-order valence-corrected chi connectivity index (χ2v) is 2.86. The highest BCUT2D eigenvalue weighted by molar-refractivity contribution is 6.28. The van der Waals surface area contributed by atoms with Gasteiger partial charge in [-0.05, 0) is 31.5 Å². The maximum atomic E-state index is 5.68. The Kier molecular flexibility index (Phi) is 3.25. The highest BCUT2D eigenvalue weighted by Gasteiger charge is 2.04. The van der Waals surface area contributed by atoms with Gasteiger partial charge >= 0.3 is 0 Å². The summed E-state index contributed by atoms with van der Waals surface area (Å²) in [6, 6.07) is 1.78. The molecule has 0 unspecified atom stereocenters. The molecule has 0 aliphatic heterocycles. The van der Waals surface area contributed by atoms with Gasteiger partial charge in [0, 0.05) is 5.69 Å². The second-order valence-electron chi connectivity index (χ2n) is 2.52. The van der Waals surface area contributed by atoms with Gasteiger partial charge in [0.1, 0.15) is 11.5 Å². The van der Waals surface area contributed by atoms with Crippen molar-refractivity contribution in [2.75, 3.05) is 6.61 Å². The van der Waals surface area contributed by atoms with E-state index in [0.29, 0.717) is 18.1 Å². The number of rotatable bonds is 3. The molecule has 3 nitrogen and oxygen atoms in total. The van der Waals surface area contributed by atoms with Crippen LogP contribution in [-0.4, -0.2) is 16.6 Å². The molecule has 0 bridgehead atoms. The molecule has 4 heteroatoms. The van der Waals surface area contributed by atoms with Gasteiger partial charge in [-0.15, -0.1) is 0 Å². The molecule has 1 aromatic heterocycles. The average Bonchev–Trinajstić information content (AvgIpc) is 2.03. The largest absolute Gasteiger partial charge is 0.492 e.